The second kappa shape index (κ2) is 7.50. The zero-order valence-corrected chi connectivity index (χ0v) is 12.7. The Bertz CT molecular complexity index is 627. The average Bonchev–Trinajstić information content (AvgIpc) is 2.95. The van der Waals surface area contributed by atoms with Gasteiger partial charge in [0.1, 0.15) is 5.75 Å². The first-order valence-corrected chi connectivity index (χ1v) is 7.69. The lowest BCUT2D eigenvalue weighted by Crippen LogP contribution is -2.17. The molecule has 0 atom stereocenters. The van der Waals surface area contributed by atoms with Gasteiger partial charge >= 0.3 is 6.61 Å². The quantitative estimate of drug-likeness (QED) is 0.820. The van der Waals surface area contributed by atoms with Crippen LogP contribution >= 0.6 is 0 Å². The minimum atomic E-state index is -2.82. The smallest absolute Gasteiger partial charge is 0.387 e. The molecule has 0 aliphatic carbocycles. The lowest BCUT2D eigenvalue weighted by Gasteiger charge is -2.20. The molecule has 1 aromatic carbocycles. The summed E-state index contributed by atoms with van der Waals surface area (Å²) in [4.78, 5) is 0. The molecule has 1 fully saturated rings. The first-order chi connectivity index (χ1) is 11.2. The third kappa shape index (κ3) is 4.72. The van der Waals surface area contributed by atoms with Crippen LogP contribution in [-0.2, 0) is 17.7 Å². The standard InChI is InChI=1S/C16H19F2N3O2/c17-16(18)23-15-3-1-2-13(9-15)10-21-11-14(19-20-21)8-12-4-6-22-7-5-12/h1-3,9,11-12,16H,4-8,10H2. The Morgan fingerprint density at radius 1 is 1.30 bits per heavy atom. The van der Waals surface area contributed by atoms with Gasteiger partial charge in [-0.15, -0.1) is 5.10 Å². The molecule has 23 heavy (non-hydrogen) atoms. The summed E-state index contributed by atoms with van der Waals surface area (Å²) in [6.07, 6.45) is 4.92. The average molecular weight is 323 g/mol. The third-order valence-corrected chi connectivity index (χ3v) is 3.89. The summed E-state index contributed by atoms with van der Waals surface area (Å²) >= 11 is 0. The highest BCUT2D eigenvalue weighted by atomic mass is 19.3. The molecule has 2 aromatic rings. The van der Waals surface area contributed by atoms with Gasteiger partial charge in [-0.2, -0.15) is 8.78 Å². The van der Waals surface area contributed by atoms with Crippen LogP contribution in [0.4, 0.5) is 8.78 Å². The van der Waals surface area contributed by atoms with Gasteiger partial charge < -0.3 is 9.47 Å². The van der Waals surface area contributed by atoms with Crippen molar-refractivity contribution in [3.05, 3.63) is 41.7 Å². The number of halogens is 2. The fraction of sp³-hybridized carbons (Fsp3) is 0.500. The lowest BCUT2D eigenvalue weighted by atomic mass is 9.95. The molecular weight excluding hydrogens is 304 g/mol. The number of aromatic nitrogens is 3. The second-order valence-electron chi connectivity index (χ2n) is 5.69. The van der Waals surface area contributed by atoms with Crippen LogP contribution in [0.25, 0.3) is 0 Å². The van der Waals surface area contributed by atoms with Crippen molar-refractivity contribution < 1.29 is 18.3 Å². The van der Waals surface area contributed by atoms with Gasteiger partial charge in [0.05, 0.1) is 12.2 Å². The Kier molecular flexibility index (Phi) is 5.17. The predicted octanol–water partition coefficient (Wildman–Crippen LogP) is 2.90. The summed E-state index contributed by atoms with van der Waals surface area (Å²) in [6.45, 7) is -0.713. The van der Waals surface area contributed by atoms with Gasteiger partial charge in [-0.1, -0.05) is 17.3 Å². The Labute approximate surface area is 133 Å². The molecule has 0 spiro atoms. The van der Waals surface area contributed by atoms with Crippen molar-refractivity contribution in [1.82, 2.24) is 15.0 Å². The minimum absolute atomic E-state index is 0.153. The molecule has 0 bridgehead atoms. The Morgan fingerprint density at radius 2 is 2.13 bits per heavy atom. The first kappa shape index (κ1) is 15.9. The molecule has 1 aromatic heterocycles. The molecule has 3 rings (SSSR count). The van der Waals surface area contributed by atoms with E-state index in [1.165, 1.54) is 6.07 Å². The highest BCUT2D eigenvalue weighted by molar-refractivity contribution is 5.28. The summed E-state index contributed by atoms with van der Waals surface area (Å²) in [6, 6.07) is 6.63. The Hall–Kier alpha value is -2.02. The van der Waals surface area contributed by atoms with Crippen LogP contribution in [-0.4, -0.2) is 34.8 Å². The van der Waals surface area contributed by atoms with E-state index in [0.717, 1.165) is 43.7 Å². The largest absolute Gasteiger partial charge is 0.435 e. The molecule has 1 saturated heterocycles. The van der Waals surface area contributed by atoms with E-state index < -0.39 is 6.61 Å². The molecule has 7 heteroatoms. The monoisotopic (exact) mass is 323 g/mol. The SMILES string of the molecule is FC(F)Oc1cccc(Cn2cc(CC3CCOCC3)nn2)c1. The van der Waals surface area contributed by atoms with Crippen LogP contribution in [0.3, 0.4) is 0 Å². The fourth-order valence-electron chi connectivity index (χ4n) is 2.76. The normalized spacial score (nSPS) is 16.0. The second-order valence-corrected chi connectivity index (χ2v) is 5.69. The van der Waals surface area contributed by atoms with E-state index >= 15 is 0 Å². The van der Waals surface area contributed by atoms with Gasteiger partial charge in [0, 0.05) is 19.4 Å². The summed E-state index contributed by atoms with van der Waals surface area (Å²) < 4.78 is 36.0. The molecule has 5 nitrogen and oxygen atoms in total. The van der Waals surface area contributed by atoms with Crippen molar-refractivity contribution in [3.63, 3.8) is 0 Å². The summed E-state index contributed by atoms with van der Waals surface area (Å²) in [5.41, 5.74) is 1.79. The minimum Gasteiger partial charge on any atom is -0.435 e. The lowest BCUT2D eigenvalue weighted by molar-refractivity contribution is -0.0498. The molecule has 1 aliphatic rings. The highest BCUT2D eigenvalue weighted by Gasteiger charge is 2.16. The fourth-order valence-corrected chi connectivity index (χ4v) is 2.76. The molecule has 1 aliphatic heterocycles. The number of alkyl halides is 2. The van der Waals surface area contributed by atoms with Gasteiger partial charge in [-0.25, -0.2) is 4.68 Å². The van der Waals surface area contributed by atoms with Crippen LogP contribution < -0.4 is 4.74 Å². The van der Waals surface area contributed by atoms with E-state index in [9.17, 15) is 8.78 Å². The maximum absolute atomic E-state index is 12.2. The van der Waals surface area contributed by atoms with Crippen molar-refractivity contribution in [2.75, 3.05) is 13.2 Å². The van der Waals surface area contributed by atoms with E-state index in [-0.39, 0.29) is 5.75 Å². The van der Waals surface area contributed by atoms with Crippen LogP contribution in [0.1, 0.15) is 24.1 Å². The summed E-state index contributed by atoms with van der Waals surface area (Å²) in [5, 5.41) is 8.31. The maximum atomic E-state index is 12.2. The van der Waals surface area contributed by atoms with E-state index in [1.807, 2.05) is 12.3 Å². The highest BCUT2D eigenvalue weighted by Crippen LogP contribution is 2.19. The molecular formula is C16H19F2N3O2. The summed E-state index contributed by atoms with van der Waals surface area (Å²) in [7, 11) is 0. The number of hydrogen-bond acceptors (Lipinski definition) is 4. The van der Waals surface area contributed by atoms with E-state index in [2.05, 4.69) is 15.0 Å². The molecule has 2 heterocycles. The van der Waals surface area contributed by atoms with E-state index in [0.29, 0.717) is 12.5 Å². The van der Waals surface area contributed by atoms with Crippen molar-refractivity contribution in [3.8, 4) is 5.75 Å². The van der Waals surface area contributed by atoms with Gasteiger partial charge in [-0.3, -0.25) is 0 Å². The van der Waals surface area contributed by atoms with Gasteiger partial charge in [-0.05, 0) is 42.9 Å². The van der Waals surface area contributed by atoms with Gasteiger partial charge in [0.2, 0.25) is 0 Å². The maximum Gasteiger partial charge on any atom is 0.387 e. The number of rotatable bonds is 6. The van der Waals surface area contributed by atoms with Crippen molar-refractivity contribution >= 4 is 0 Å². The molecule has 0 saturated carbocycles. The van der Waals surface area contributed by atoms with Crippen LogP contribution in [0, 0.1) is 5.92 Å². The third-order valence-electron chi connectivity index (χ3n) is 3.89. The van der Waals surface area contributed by atoms with Crippen LogP contribution in [0.5, 0.6) is 5.75 Å². The van der Waals surface area contributed by atoms with Crippen LogP contribution in [0.15, 0.2) is 30.5 Å². The molecule has 0 radical (unpaired) electrons. The topological polar surface area (TPSA) is 49.2 Å². The number of hydrogen-bond donors (Lipinski definition) is 0. The molecule has 0 amide bonds. The zero-order chi connectivity index (χ0) is 16.1. The Balaban J connectivity index is 1.60. The molecule has 124 valence electrons. The van der Waals surface area contributed by atoms with Crippen molar-refractivity contribution in [2.24, 2.45) is 5.92 Å². The van der Waals surface area contributed by atoms with E-state index in [4.69, 9.17) is 4.74 Å². The molecule has 0 unspecified atom stereocenters. The molecule has 0 N–H and O–H groups in total. The Morgan fingerprint density at radius 3 is 2.91 bits per heavy atom. The summed E-state index contributed by atoms with van der Waals surface area (Å²) in [5.74, 6) is 0.747. The number of nitrogens with zero attached hydrogens (tertiary/aromatic N) is 3. The van der Waals surface area contributed by atoms with Crippen molar-refractivity contribution in [1.29, 1.82) is 0 Å². The first-order valence-electron chi connectivity index (χ1n) is 7.69. The van der Waals surface area contributed by atoms with Gasteiger partial charge in [0.25, 0.3) is 0 Å². The zero-order valence-electron chi connectivity index (χ0n) is 12.7. The van der Waals surface area contributed by atoms with Crippen LogP contribution in [0.2, 0.25) is 0 Å². The number of benzene rings is 1. The van der Waals surface area contributed by atoms with Crippen molar-refractivity contribution in [2.45, 2.75) is 32.4 Å². The predicted molar refractivity (Wildman–Crippen MR) is 79.4 cm³/mol. The number of ether oxygens (including phenoxy) is 2. The van der Waals surface area contributed by atoms with E-state index in [1.54, 1.807) is 16.8 Å². The van der Waals surface area contributed by atoms with Gasteiger partial charge in [0.15, 0.2) is 0 Å².